The molecule has 0 bridgehead atoms. The molecule has 0 aromatic heterocycles. The third-order valence-electron chi connectivity index (χ3n) is 0.406. The van der Waals surface area contributed by atoms with Gasteiger partial charge in [0.2, 0.25) is 0 Å². The van der Waals surface area contributed by atoms with Crippen LogP contribution in [-0.2, 0) is 4.74 Å². The van der Waals surface area contributed by atoms with Crippen LogP contribution in [0.15, 0.2) is 12.8 Å². The van der Waals surface area contributed by atoms with E-state index < -0.39 is 0 Å². The van der Waals surface area contributed by atoms with Crippen LogP contribution in [0, 0.1) is 6.92 Å². The SMILES string of the molecule is [CH2]C(S)COC=C. The highest BCUT2D eigenvalue weighted by atomic mass is 32.1. The quantitative estimate of drug-likeness (QED) is 0.433. The lowest BCUT2D eigenvalue weighted by molar-refractivity contribution is 0.261. The van der Waals surface area contributed by atoms with Gasteiger partial charge in [-0.2, -0.15) is 12.6 Å². The van der Waals surface area contributed by atoms with Crippen LogP contribution in [0.4, 0.5) is 0 Å². The molecule has 0 amide bonds. The van der Waals surface area contributed by atoms with Crippen molar-refractivity contribution in [2.45, 2.75) is 5.25 Å². The van der Waals surface area contributed by atoms with Crippen LogP contribution in [0.2, 0.25) is 0 Å². The molecule has 0 heterocycles. The Morgan fingerprint density at radius 1 is 1.86 bits per heavy atom. The molecule has 0 aliphatic carbocycles. The molecule has 0 N–H and O–H groups in total. The number of hydrogen-bond donors (Lipinski definition) is 1. The number of thiol groups is 1. The van der Waals surface area contributed by atoms with E-state index in [2.05, 4.69) is 26.1 Å². The molecule has 0 spiro atoms. The van der Waals surface area contributed by atoms with Gasteiger partial charge >= 0.3 is 0 Å². The molecule has 0 saturated carbocycles. The van der Waals surface area contributed by atoms with Gasteiger partial charge in [-0.3, -0.25) is 0 Å². The largest absolute Gasteiger partial charge is 0.501 e. The topological polar surface area (TPSA) is 9.23 Å². The standard InChI is InChI=1S/C5H9OS/c1-3-6-4-5(2)7/h3,5,7H,1-2,4H2. The van der Waals surface area contributed by atoms with Crippen molar-refractivity contribution < 1.29 is 4.74 Å². The lowest BCUT2D eigenvalue weighted by atomic mass is 10.5. The first-order chi connectivity index (χ1) is 3.27. The van der Waals surface area contributed by atoms with Gasteiger partial charge in [-0.15, -0.1) is 0 Å². The highest BCUT2D eigenvalue weighted by Crippen LogP contribution is 1.90. The fourth-order valence-corrected chi connectivity index (χ4v) is 0.265. The molecule has 2 heteroatoms. The van der Waals surface area contributed by atoms with Crippen molar-refractivity contribution in [3.05, 3.63) is 19.8 Å². The van der Waals surface area contributed by atoms with Crippen LogP contribution < -0.4 is 0 Å². The molecule has 1 atom stereocenters. The van der Waals surface area contributed by atoms with Gasteiger partial charge in [0.05, 0.1) is 12.9 Å². The molecule has 0 fully saturated rings. The highest BCUT2D eigenvalue weighted by Gasteiger charge is 1.88. The van der Waals surface area contributed by atoms with Gasteiger partial charge in [0.25, 0.3) is 0 Å². The third-order valence-corrected chi connectivity index (χ3v) is 0.556. The average Bonchev–Trinajstić information content (AvgIpc) is 1.61. The van der Waals surface area contributed by atoms with Gasteiger partial charge in [-0.05, 0) is 6.92 Å². The first-order valence-electron chi connectivity index (χ1n) is 2.01. The van der Waals surface area contributed by atoms with Gasteiger partial charge in [-0.25, -0.2) is 0 Å². The van der Waals surface area contributed by atoms with E-state index in [-0.39, 0.29) is 5.25 Å². The summed E-state index contributed by atoms with van der Waals surface area (Å²) in [6.45, 7) is 7.45. The summed E-state index contributed by atoms with van der Waals surface area (Å²) in [5.74, 6) is 0. The molecule has 41 valence electrons. The minimum Gasteiger partial charge on any atom is -0.501 e. The van der Waals surface area contributed by atoms with Crippen molar-refractivity contribution in [2.24, 2.45) is 0 Å². The van der Waals surface area contributed by atoms with Crippen LogP contribution in [-0.4, -0.2) is 11.9 Å². The van der Waals surface area contributed by atoms with E-state index in [1.807, 2.05) is 0 Å². The van der Waals surface area contributed by atoms with Crippen LogP contribution >= 0.6 is 12.6 Å². The van der Waals surface area contributed by atoms with Gasteiger partial charge in [-0.1, -0.05) is 6.58 Å². The molecule has 0 saturated heterocycles. The highest BCUT2D eigenvalue weighted by molar-refractivity contribution is 7.81. The Labute approximate surface area is 49.8 Å². The molecule has 1 nitrogen and oxygen atoms in total. The molecule has 0 aromatic carbocycles. The van der Waals surface area contributed by atoms with E-state index >= 15 is 0 Å². The molecule has 0 rings (SSSR count). The van der Waals surface area contributed by atoms with Crippen LogP contribution in [0.5, 0.6) is 0 Å². The predicted octanol–water partition coefficient (Wildman–Crippen LogP) is 1.28. The summed E-state index contributed by atoms with van der Waals surface area (Å²) < 4.78 is 4.72. The van der Waals surface area contributed by atoms with Crippen molar-refractivity contribution in [1.29, 1.82) is 0 Å². The first-order valence-corrected chi connectivity index (χ1v) is 2.52. The third kappa shape index (κ3) is 5.89. The average molecular weight is 117 g/mol. The Hall–Kier alpha value is -0.110. The van der Waals surface area contributed by atoms with E-state index in [1.165, 1.54) is 6.26 Å². The van der Waals surface area contributed by atoms with Crippen molar-refractivity contribution in [2.75, 3.05) is 6.61 Å². The van der Waals surface area contributed by atoms with Crippen molar-refractivity contribution >= 4 is 12.6 Å². The molecule has 0 aliphatic rings. The molecular weight excluding hydrogens is 108 g/mol. The molecule has 7 heavy (non-hydrogen) atoms. The van der Waals surface area contributed by atoms with Crippen LogP contribution in [0.25, 0.3) is 0 Å². The lowest BCUT2D eigenvalue weighted by Crippen LogP contribution is -1.99. The molecule has 0 aliphatic heterocycles. The zero-order chi connectivity index (χ0) is 5.70. The minimum absolute atomic E-state index is 0.0537. The van der Waals surface area contributed by atoms with Crippen molar-refractivity contribution in [3.8, 4) is 0 Å². The van der Waals surface area contributed by atoms with E-state index in [4.69, 9.17) is 4.74 Å². The summed E-state index contributed by atoms with van der Waals surface area (Å²) >= 11 is 3.95. The normalized spacial score (nSPS) is 12.9. The predicted molar refractivity (Wildman–Crippen MR) is 34.3 cm³/mol. The Kier molecular flexibility index (Phi) is 4.00. The first kappa shape index (κ1) is 6.89. The second-order valence-corrected chi connectivity index (χ2v) is 1.88. The van der Waals surface area contributed by atoms with Crippen molar-refractivity contribution in [3.63, 3.8) is 0 Å². The molecule has 1 radical (unpaired) electrons. The smallest absolute Gasteiger partial charge is 0.0989 e. The zero-order valence-corrected chi connectivity index (χ0v) is 5.03. The number of hydrogen-bond acceptors (Lipinski definition) is 2. The van der Waals surface area contributed by atoms with E-state index in [0.29, 0.717) is 6.61 Å². The minimum atomic E-state index is 0.0537. The fourth-order valence-electron chi connectivity index (χ4n) is 0.179. The van der Waals surface area contributed by atoms with E-state index in [9.17, 15) is 0 Å². The molecular formula is C5H9OS. The number of rotatable bonds is 3. The van der Waals surface area contributed by atoms with E-state index in [0.717, 1.165) is 0 Å². The summed E-state index contributed by atoms with van der Waals surface area (Å²) in [5, 5.41) is 0.0537. The monoisotopic (exact) mass is 117 g/mol. The maximum absolute atomic E-state index is 4.72. The summed E-state index contributed by atoms with van der Waals surface area (Å²) in [6.07, 6.45) is 1.38. The zero-order valence-electron chi connectivity index (χ0n) is 4.13. The van der Waals surface area contributed by atoms with Gasteiger partial charge in [0, 0.05) is 5.25 Å². The number of ether oxygens (including phenoxy) is 1. The second kappa shape index (κ2) is 4.06. The van der Waals surface area contributed by atoms with Crippen LogP contribution in [0.1, 0.15) is 0 Å². The van der Waals surface area contributed by atoms with Gasteiger partial charge in [0.15, 0.2) is 0 Å². The molecule has 0 aromatic rings. The summed E-state index contributed by atoms with van der Waals surface area (Å²) in [7, 11) is 0. The summed E-state index contributed by atoms with van der Waals surface area (Å²) in [6, 6.07) is 0. The second-order valence-electron chi connectivity index (χ2n) is 1.15. The van der Waals surface area contributed by atoms with Gasteiger partial charge < -0.3 is 4.74 Å². The summed E-state index contributed by atoms with van der Waals surface area (Å²) in [4.78, 5) is 0. The van der Waals surface area contributed by atoms with E-state index in [1.54, 1.807) is 0 Å². The maximum atomic E-state index is 4.72. The Morgan fingerprint density at radius 2 is 2.43 bits per heavy atom. The Bertz CT molecular complexity index is 52.0. The molecule has 1 unspecified atom stereocenters. The fraction of sp³-hybridized carbons (Fsp3) is 0.400. The Balaban J connectivity index is 2.81. The van der Waals surface area contributed by atoms with Crippen molar-refractivity contribution in [1.82, 2.24) is 0 Å². The lowest BCUT2D eigenvalue weighted by Gasteiger charge is -1.99. The van der Waals surface area contributed by atoms with Gasteiger partial charge in [0.1, 0.15) is 0 Å². The Morgan fingerprint density at radius 3 is 2.57 bits per heavy atom. The summed E-state index contributed by atoms with van der Waals surface area (Å²) in [5.41, 5.74) is 0. The van der Waals surface area contributed by atoms with Crippen LogP contribution in [0.3, 0.4) is 0 Å². The maximum Gasteiger partial charge on any atom is 0.0989 e.